The lowest BCUT2D eigenvalue weighted by Gasteiger charge is -2.27. The Morgan fingerprint density at radius 1 is 1.28 bits per heavy atom. The quantitative estimate of drug-likeness (QED) is 0.740. The zero-order chi connectivity index (χ0) is 17.8. The number of aromatic nitrogens is 1. The topological polar surface area (TPSA) is 28.5 Å². The second kappa shape index (κ2) is 8.11. The maximum atomic E-state index is 12.7. The van der Waals surface area contributed by atoms with Gasteiger partial charge in [-0.2, -0.15) is 0 Å². The minimum absolute atomic E-state index is 0.190. The highest BCUT2D eigenvalue weighted by atomic mass is 32.2. The number of likely N-dealkylation sites (tertiary alicyclic amines) is 1. The highest BCUT2D eigenvalue weighted by molar-refractivity contribution is 7.98. The molecular formula is C20H27N3OS. The van der Waals surface area contributed by atoms with Crippen molar-refractivity contribution in [2.75, 3.05) is 26.4 Å². The van der Waals surface area contributed by atoms with Crippen LogP contribution < -0.4 is 0 Å². The molecule has 0 spiro atoms. The molecule has 2 aromatic rings. The molecule has 0 bridgehead atoms. The van der Waals surface area contributed by atoms with Crippen LogP contribution in [0.2, 0.25) is 0 Å². The van der Waals surface area contributed by atoms with Crippen molar-refractivity contribution in [1.29, 1.82) is 0 Å². The van der Waals surface area contributed by atoms with Crippen molar-refractivity contribution in [2.24, 2.45) is 7.05 Å². The van der Waals surface area contributed by atoms with E-state index in [4.69, 9.17) is 0 Å². The Balaban J connectivity index is 1.59. The smallest absolute Gasteiger partial charge is 0.236 e. The summed E-state index contributed by atoms with van der Waals surface area (Å²) in [5.74, 6) is 0.190. The molecular weight excluding hydrogens is 330 g/mol. The Labute approximate surface area is 154 Å². The Morgan fingerprint density at radius 2 is 2.04 bits per heavy atom. The van der Waals surface area contributed by atoms with Crippen LogP contribution in [0, 0.1) is 0 Å². The number of benzene rings is 1. The molecule has 1 amide bonds. The molecule has 0 saturated carbocycles. The normalized spacial score (nSPS) is 17.8. The fourth-order valence-electron chi connectivity index (χ4n) is 3.56. The summed E-state index contributed by atoms with van der Waals surface area (Å²) in [5.41, 5.74) is 2.48. The summed E-state index contributed by atoms with van der Waals surface area (Å²) in [6, 6.07) is 13.1. The molecule has 1 aromatic carbocycles. The first-order chi connectivity index (χ1) is 12.1. The molecule has 5 heteroatoms. The van der Waals surface area contributed by atoms with Crippen molar-refractivity contribution in [3.8, 4) is 0 Å². The molecule has 1 aliphatic heterocycles. The summed E-state index contributed by atoms with van der Waals surface area (Å²) in [6.07, 6.45) is 6.44. The average Bonchev–Trinajstić information content (AvgIpc) is 3.23. The van der Waals surface area contributed by atoms with E-state index in [1.54, 1.807) is 11.8 Å². The van der Waals surface area contributed by atoms with Gasteiger partial charge in [-0.25, -0.2) is 0 Å². The number of hydrogen-bond donors (Lipinski definition) is 0. The summed E-state index contributed by atoms with van der Waals surface area (Å²) in [5, 5.41) is 0. The predicted octanol–water partition coefficient (Wildman–Crippen LogP) is 3.54. The molecule has 1 atom stereocenters. The third-order valence-electron chi connectivity index (χ3n) is 5.03. The number of amides is 1. The summed E-state index contributed by atoms with van der Waals surface area (Å²) in [6.45, 7) is 2.16. The van der Waals surface area contributed by atoms with Crippen LogP contribution in [0.25, 0.3) is 0 Å². The van der Waals surface area contributed by atoms with Crippen LogP contribution in [0.5, 0.6) is 0 Å². The van der Waals surface area contributed by atoms with Crippen LogP contribution in [-0.4, -0.2) is 46.7 Å². The van der Waals surface area contributed by atoms with Gasteiger partial charge in [0.05, 0.1) is 12.6 Å². The maximum absolute atomic E-state index is 12.7. The first-order valence-electron chi connectivity index (χ1n) is 8.80. The molecule has 2 heterocycles. The Bertz CT molecular complexity index is 710. The molecule has 1 fully saturated rings. The van der Waals surface area contributed by atoms with Gasteiger partial charge in [0.2, 0.25) is 5.91 Å². The van der Waals surface area contributed by atoms with E-state index in [9.17, 15) is 4.79 Å². The standard InChI is InChI=1S/C20H27N3OS/c1-21-12-4-6-18(21)19-7-5-13-23(19)15-20(24)22(2)14-16-8-10-17(25-3)11-9-16/h4,6,8-12,19H,5,7,13-15H2,1-3H3/t19-/m0/s1. The zero-order valence-electron chi connectivity index (χ0n) is 15.3. The second-order valence-corrected chi connectivity index (χ2v) is 7.65. The van der Waals surface area contributed by atoms with E-state index in [1.807, 2.05) is 11.9 Å². The molecule has 25 heavy (non-hydrogen) atoms. The number of carbonyl (C=O) groups is 1. The Hall–Kier alpha value is -1.72. The predicted molar refractivity (Wildman–Crippen MR) is 104 cm³/mol. The van der Waals surface area contributed by atoms with Crippen LogP contribution in [0.1, 0.15) is 30.1 Å². The average molecular weight is 358 g/mol. The molecule has 4 nitrogen and oxygen atoms in total. The van der Waals surface area contributed by atoms with E-state index in [2.05, 4.69) is 65.4 Å². The maximum Gasteiger partial charge on any atom is 0.236 e. The van der Waals surface area contributed by atoms with Gasteiger partial charge in [-0.3, -0.25) is 9.69 Å². The van der Waals surface area contributed by atoms with E-state index in [-0.39, 0.29) is 5.91 Å². The van der Waals surface area contributed by atoms with Crippen LogP contribution in [0.3, 0.4) is 0 Å². The second-order valence-electron chi connectivity index (χ2n) is 6.77. The van der Waals surface area contributed by atoms with Crippen molar-refractivity contribution < 1.29 is 4.79 Å². The summed E-state index contributed by atoms with van der Waals surface area (Å²) >= 11 is 1.73. The van der Waals surface area contributed by atoms with E-state index >= 15 is 0 Å². The minimum Gasteiger partial charge on any atom is -0.353 e. The lowest BCUT2D eigenvalue weighted by molar-refractivity contribution is -0.131. The third-order valence-corrected chi connectivity index (χ3v) is 5.78. The Kier molecular flexibility index (Phi) is 5.86. The number of likely N-dealkylation sites (N-methyl/N-ethyl adjacent to an activating group) is 1. The van der Waals surface area contributed by atoms with Crippen molar-refractivity contribution >= 4 is 17.7 Å². The van der Waals surface area contributed by atoms with Gasteiger partial charge in [0.1, 0.15) is 0 Å². The highest BCUT2D eigenvalue weighted by Gasteiger charge is 2.29. The van der Waals surface area contributed by atoms with Crippen LogP contribution in [0.15, 0.2) is 47.5 Å². The van der Waals surface area contributed by atoms with Gasteiger partial charge in [-0.15, -0.1) is 11.8 Å². The van der Waals surface area contributed by atoms with Gasteiger partial charge in [-0.1, -0.05) is 12.1 Å². The molecule has 1 aliphatic rings. The first kappa shape index (κ1) is 18.1. The number of carbonyl (C=O) groups excluding carboxylic acids is 1. The van der Waals surface area contributed by atoms with Crippen LogP contribution in [-0.2, 0) is 18.4 Å². The summed E-state index contributed by atoms with van der Waals surface area (Å²) in [4.78, 5) is 18.1. The summed E-state index contributed by atoms with van der Waals surface area (Å²) < 4.78 is 2.17. The fraction of sp³-hybridized carbons (Fsp3) is 0.450. The van der Waals surface area contributed by atoms with Crippen LogP contribution >= 0.6 is 11.8 Å². The molecule has 1 aromatic heterocycles. The largest absolute Gasteiger partial charge is 0.353 e. The van der Waals surface area contributed by atoms with E-state index in [0.717, 1.165) is 19.4 Å². The number of aryl methyl sites for hydroxylation is 1. The molecule has 134 valence electrons. The number of hydrogen-bond acceptors (Lipinski definition) is 3. The molecule has 1 saturated heterocycles. The van der Waals surface area contributed by atoms with Gasteiger partial charge in [-0.05, 0) is 55.5 Å². The highest BCUT2D eigenvalue weighted by Crippen LogP contribution is 2.31. The van der Waals surface area contributed by atoms with Gasteiger partial charge < -0.3 is 9.47 Å². The van der Waals surface area contributed by atoms with Gasteiger partial charge >= 0.3 is 0 Å². The Morgan fingerprint density at radius 3 is 2.68 bits per heavy atom. The monoisotopic (exact) mass is 357 g/mol. The van der Waals surface area contributed by atoms with Crippen molar-refractivity contribution in [3.05, 3.63) is 53.9 Å². The van der Waals surface area contributed by atoms with E-state index < -0.39 is 0 Å². The van der Waals surface area contributed by atoms with Crippen molar-refractivity contribution in [2.45, 2.75) is 30.3 Å². The van der Waals surface area contributed by atoms with Crippen LogP contribution in [0.4, 0.5) is 0 Å². The molecule has 0 aliphatic carbocycles. The lowest BCUT2D eigenvalue weighted by Crippen LogP contribution is -2.38. The summed E-state index contributed by atoms with van der Waals surface area (Å²) in [7, 11) is 3.98. The van der Waals surface area contributed by atoms with Gasteiger partial charge in [0.25, 0.3) is 0 Å². The number of nitrogens with zero attached hydrogens (tertiary/aromatic N) is 3. The molecule has 0 unspecified atom stereocenters. The fourth-order valence-corrected chi connectivity index (χ4v) is 3.97. The minimum atomic E-state index is 0.190. The number of thioether (sulfide) groups is 1. The third kappa shape index (κ3) is 4.28. The number of rotatable bonds is 6. The lowest BCUT2D eigenvalue weighted by atomic mass is 10.1. The zero-order valence-corrected chi connectivity index (χ0v) is 16.1. The SMILES string of the molecule is CSc1ccc(CN(C)C(=O)CN2CCC[C@H]2c2cccn2C)cc1. The molecule has 0 N–H and O–H groups in total. The van der Waals surface area contributed by atoms with E-state index in [0.29, 0.717) is 19.1 Å². The van der Waals surface area contributed by atoms with Crippen molar-refractivity contribution in [3.63, 3.8) is 0 Å². The van der Waals surface area contributed by atoms with Gasteiger partial charge in [0.15, 0.2) is 0 Å². The molecule has 0 radical (unpaired) electrons. The van der Waals surface area contributed by atoms with Gasteiger partial charge in [0, 0.05) is 37.4 Å². The first-order valence-corrected chi connectivity index (χ1v) is 10.0. The van der Waals surface area contributed by atoms with Crippen molar-refractivity contribution in [1.82, 2.24) is 14.4 Å². The van der Waals surface area contributed by atoms with E-state index in [1.165, 1.54) is 16.2 Å². The molecule has 3 rings (SSSR count).